The zero-order valence-corrected chi connectivity index (χ0v) is 26.6. The van der Waals surface area contributed by atoms with E-state index in [1.54, 1.807) is 0 Å². The van der Waals surface area contributed by atoms with Crippen LogP contribution in [0.2, 0.25) is 0 Å². The summed E-state index contributed by atoms with van der Waals surface area (Å²) in [6.07, 6.45) is 2.24. The van der Waals surface area contributed by atoms with Crippen LogP contribution in [0.25, 0.3) is 33.6 Å². The van der Waals surface area contributed by atoms with Crippen molar-refractivity contribution < 1.29 is 18.9 Å². The molecular weight excluding hydrogens is 536 g/mol. The van der Waals surface area contributed by atoms with Gasteiger partial charge in [0.25, 0.3) is 0 Å². The van der Waals surface area contributed by atoms with Gasteiger partial charge in [-0.15, -0.1) is 0 Å². The van der Waals surface area contributed by atoms with Gasteiger partial charge in [-0.25, -0.2) is 4.98 Å². The molecule has 0 N–H and O–H groups in total. The predicted molar refractivity (Wildman–Crippen MR) is 178 cm³/mol. The minimum Gasteiger partial charge on any atom is -0.494 e. The summed E-state index contributed by atoms with van der Waals surface area (Å²) in [5, 5.41) is 0. The lowest BCUT2D eigenvalue weighted by Gasteiger charge is -2.24. The van der Waals surface area contributed by atoms with Crippen molar-refractivity contribution >= 4 is 5.69 Å². The molecule has 0 radical (unpaired) electrons. The van der Waals surface area contributed by atoms with Crippen molar-refractivity contribution in [2.75, 3.05) is 44.4 Å². The van der Waals surface area contributed by atoms with E-state index in [2.05, 4.69) is 55.1 Å². The summed E-state index contributed by atoms with van der Waals surface area (Å²) in [5.41, 5.74) is 6.89. The highest BCUT2D eigenvalue weighted by Gasteiger charge is 2.17. The van der Waals surface area contributed by atoms with Gasteiger partial charge >= 0.3 is 0 Å². The predicted octanol–water partition coefficient (Wildman–Crippen LogP) is 9.30. The van der Waals surface area contributed by atoms with Crippen LogP contribution in [-0.4, -0.2) is 44.5 Å². The van der Waals surface area contributed by atoms with Crippen molar-refractivity contribution in [2.45, 2.75) is 54.4 Å². The van der Waals surface area contributed by atoms with Gasteiger partial charge < -0.3 is 23.8 Å². The summed E-state index contributed by atoms with van der Waals surface area (Å²) in [4.78, 5) is 7.64. The molecule has 4 rings (SSSR count). The van der Waals surface area contributed by atoms with Gasteiger partial charge in [-0.1, -0.05) is 26.0 Å². The van der Waals surface area contributed by atoms with Gasteiger partial charge in [0.1, 0.15) is 23.0 Å². The zero-order chi connectivity index (χ0) is 30.6. The first-order chi connectivity index (χ1) is 21.0. The molecule has 1 heterocycles. The van der Waals surface area contributed by atoms with E-state index in [-0.39, 0.29) is 0 Å². The lowest BCUT2D eigenvalue weighted by Crippen LogP contribution is -2.24. The van der Waals surface area contributed by atoms with E-state index in [0.29, 0.717) is 26.4 Å². The van der Waals surface area contributed by atoms with Gasteiger partial charge in [0.2, 0.25) is 0 Å². The highest BCUT2D eigenvalue weighted by atomic mass is 16.5. The highest BCUT2D eigenvalue weighted by molar-refractivity contribution is 5.81. The smallest absolute Gasteiger partial charge is 0.132 e. The number of anilines is 1. The molecule has 43 heavy (non-hydrogen) atoms. The average Bonchev–Trinajstić information content (AvgIpc) is 3.02. The standard InChI is InChI=1S/C37H46N2O4/c1-7-21-39(22-8-2)29-15-13-27(14-16-29)28-23-34(32-19-17-30(40-9-3)25-36(32)42-11-5)38-35(24-28)33-20-18-31(41-10-4)26-37(33)43-12-6/h13-20,23-26H,7-12,21-22H2,1-6H3. The first-order valence-corrected chi connectivity index (χ1v) is 15.7. The summed E-state index contributed by atoms with van der Waals surface area (Å²) in [5.74, 6) is 3.03. The van der Waals surface area contributed by atoms with Crippen molar-refractivity contribution in [3.05, 3.63) is 72.8 Å². The number of pyridine rings is 1. The second-order valence-corrected chi connectivity index (χ2v) is 10.2. The third kappa shape index (κ3) is 8.01. The minimum atomic E-state index is 0.538. The van der Waals surface area contributed by atoms with Crippen LogP contribution in [-0.2, 0) is 0 Å². The van der Waals surface area contributed by atoms with E-state index in [1.165, 1.54) is 5.69 Å². The van der Waals surface area contributed by atoms with E-state index in [0.717, 1.165) is 82.6 Å². The number of benzene rings is 3. The Morgan fingerprint density at radius 2 is 0.977 bits per heavy atom. The van der Waals surface area contributed by atoms with Gasteiger partial charge in [0.15, 0.2) is 0 Å². The second kappa shape index (κ2) is 15.9. The molecule has 228 valence electrons. The molecule has 0 aliphatic carbocycles. The number of hydrogen-bond acceptors (Lipinski definition) is 6. The number of rotatable bonds is 16. The monoisotopic (exact) mass is 582 g/mol. The van der Waals surface area contributed by atoms with Gasteiger partial charge in [0, 0.05) is 42.0 Å². The maximum Gasteiger partial charge on any atom is 0.132 e. The van der Waals surface area contributed by atoms with Crippen LogP contribution in [0.1, 0.15) is 54.4 Å². The van der Waals surface area contributed by atoms with Gasteiger partial charge in [-0.2, -0.15) is 0 Å². The summed E-state index contributed by atoms with van der Waals surface area (Å²) >= 11 is 0. The van der Waals surface area contributed by atoms with E-state index in [9.17, 15) is 0 Å². The van der Waals surface area contributed by atoms with E-state index in [4.69, 9.17) is 23.9 Å². The summed E-state index contributed by atoms with van der Waals surface area (Å²) in [7, 11) is 0. The maximum atomic E-state index is 6.10. The first kappa shape index (κ1) is 31.7. The largest absolute Gasteiger partial charge is 0.494 e. The molecule has 0 spiro atoms. The van der Waals surface area contributed by atoms with Crippen molar-refractivity contribution in [3.8, 4) is 56.6 Å². The molecular formula is C37H46N2O4. The Labute approximate surface area is 257 Å². The Balaban J connectivity index is 1.88. The fourth-order valence-corrected chi connectivity index (χ4v) is 5.24. The zero-order valence-electron chi connectivity index (χ0n) is 26.6. The Kier molecular flexibility index (Phi) is 11.7. The molecule has 0 aliphatic rings. The van der Waals surface area contributed by atoms with Crippen molar-refractivity contribution in [1.29, 1.82) is 0 Å². The summed E-state index contributed by atoms with van der Waals surface area (Å²) < 4.78 is 23.7. The molecule has 0 fully saturated rings. The molecule has 6 nitrogen and oxygen atoms in total. The number of aromatic nitrogens is 1. The normalized spacial score (nSPS) is 10.8. The van der Waals surface area contributed by atoms with Crippen LogP contribution >= 0.6 is 0 Å². The van der Waals surface area contributed by atoms with Crippen molar-refractivity contribution in [3.63, 3.8) is 0 Å². The van der Waals surface area contributed by atoms with Crippen LogP contribution in [0.4, 0.5) is 5.69 Å². The number of hydrogen-bond donors (Lipinski definition) is 0. The second-order valence-electron chi connectivity index (χ2n) is 10.2. The molecule has 0 bridgehead atoms. The van der Waals surface area contributed by atoms with Crippen LogP contribution in [0, 0.1) is 0 Å². The van der Waals surface area contributed by atoms with E-state index in [1.807, 2.05) is 64.1 Å². The molecule has 1 aromatic heterocycles. The maximum absolute atomic E-state index is 6.10. The van der Waals surface area contributed by atoms with E-state index >= 15 is 0 Å². The third-order valence-electron chi connectivity index (χ3n) is 7.06. The van der Waals surface area contributed by atoms with Crippen LogP contribution in [0.15, 0.2) is 72.8 Å². The quantitative estimate of drug-likeness (QED) is 0.131. The molecule has 0 saturated carbocycles. The van der Waals surface area contributed by atoms with Gasteiger partial charge in [0.05, 0.1) is 37.8 Å². The molecule has 0 atom stereocenters. The van der Waals surface area contributed by atoms with Crippen LogP contribution in [0.5, 0.6) is 23.0 Å². The SMILES string of the molecule is CCCN(CCC)c1ccc(-c2cc(-c3ccc(OCC)cc3OCC)nc(-c3ccc(OCC)cc3OCC)c2)cc1. The summed E-state index contributed by atoms with van der Waals surface area (Å²) in [6, 6.07) is 25.1. The number of ether oxygens (including phenoxy) is 4. The summed E-state index contributed by atoms with van der Waals surface area (Å²) in [6.45, 7) is 16.7. The lowest BCUT2D eigenvalue weighted by atomic mass is 9.98. The van der Waals surface area contributed by atoms with Gasteiger partial charge in [-0.05, 0) is 100 Å². The van der Waals surface area contributed by atoms with E-state index < -0.39 is 0 Å². The third-order valence-corrected chi connectivity index (χ3v) is 7.06. The molecule has 0 unspecified atom stereocenters. The molecule has 6 heteroatoms. The first-order valence-electron chi connectivity index (χ1n) is 15.7. The molecule has 0 amide bonds. The fraction of sp³-hybridized carbons (Fsp3) is 0.378. The Bertz CT molecular complexity index is 1370. The van der Waals surface area contributed by atoms with Crippen molar-refractivity contribution in [1.82, 2.24) is 4.98 Å². The highest BCUT2D eigenvalue weighted by Crippen LogP contribution is 2.39. The van der Waals surface area contributed by atoms with Gasteiger partial charge in [-0.3, -0.25) is 0 Å². The fourth-order valence-electron chi connectivity index (χ4n) is 5.24. The molecule has 3 aromatic carbocycles. The molecule has 4 aromatic rings. The van der Waals surface area contributed by atoms with Crippen LogP contribution in [0.3, 0.4) is 0 Å². The Morgan fingerprint density at radius 3 is 1.40 bits per heavy atom. The van der Waals surface area contributed by atoms with Crippen LogP contribution < -0.4 is 23.8 Å². The van der Waals surface area contributed by atoms with Crippen molar-refractivity contribution in [2.24, 2.45) is 0 Å². The Hall–Kier alpha value is -4.19. The minimum absolute atomic E-state index is 0.538. The lowest BCUT2D eigenvalue weighted by molar-refractivity contribution is 0.323. The Morgan fingerprint density at radius 1 is 0.512 bits per heavy atom. The topological polar surface area (TPSA) is 53.1 Å². The molecule has 0 aliphatic heterocycles. The molecule has 0 saturated heterocycles. The average molecular weight is 583 g/mol. The number of nitrogens with zero attached hydrogens (tertiary/aromatic N) is 2.